The lowest BCUT2D eigenvalue weighted by Gasteiger charge is -2.17. The van der Waals surface area contributed by atoms with Gasteiger partial charge in [-0.25, -0.2) is 5.84 Å². The number of nitrogens with zero attached hydrogens (tertiary/aromatic N) is 3. The van der Waals surface area contributed by atoms with Crippen LogP contribution in [-0.2, 0) is 23.8 Å². The van der Waals surface area contributed by atoms with Crippen molar-refractivity contribution in [2.45, 2.75) is 19.1 Å². The van der Waals surface area contributed by atoms with Crippen LogP contribution in [0.5, 0.6) is 0 Å². The summed E-state index contributed by atoms with van der Waals surface area (Å²) < 4.78 is 15.1. The van der Waals surface area contributed by atoms with Crippen molar-refractivity contribution >= 4 is 12.4 Å². The number of azide groups is 1. The van der Waals surface area contributed by atoms with E-state index in [4.69, 9.17) is 20.8 Å². The summed E-state index contributed by atoms with van der Waals surface area (Å²) in [6.45, 7) is 0.376. The lowest BCUT2D eigenvalue weighted by molar-refractivity contribution is -0.131. The average Bonchev–Trinajstić information content (AvgIpc) is 2.56. The minimum Gasteiger partial charge on any atom is -0.491 e. The molecule has 0 aliphatic heterocycles. The average molecular weight is 311 g/mol. The zero-order valence-corrected chi connectivity index (χ0v) is 11.8. The van der Waals surface area contributed by atoms with Crippen molar-refractivity contribution in [3.63, 3.8) is 0 Å². The third-order valence-corrected chi connectivity index (χ3v) is 2.65. The van der Waals surface area contributed by atoms with Crippen LogP contribution in [0.4, 0.5) is 0 Å². The predicted molar refractivity (Wildman–Crippen MR) is 74.6 cm³/mol. The molecular weight excluding hydrogens is 294 g/mol. The van der Waals surface area contributed by atoms with E-state index in [1.54, 1.807) is 12.2 Å². The molecule has 0 aromatic rings. The van der Waals surface area contributed by atoms with Crippen LogP contribution < -0.4 is 11.3 Å². The van der Waals surface area contributed by atoms with Gasteiger partial charge in [-0.3, -0.25) is 15.0 Å². The Balaban J connectivity index is 2.48. The molecule has 1 rings (SSSR count). The van der Waals surface area contributed by atoms with Gasteiger partial charge in [0.25, 0.3) is 12.4 Å². The van der Waals surface area contributed by atoms with Crippen molar-refractivity contribution in [1.29, 1.82) is 0 Å². The molecule has 1 aliphatic carbocycles. The monoisotopic (exact) mass is 311 g/mol. The van der Waals surface area contributed by atoms with Gasteiger partial charge in [0.15, 0.2) is 6.23 Å². The number of nitrogens with two attached hydrogens (primary N) is 1. The van der Waals surface area contributed by atoms with Gasteiger partial charge >= 0.3 is 0 Å². The zero-order chi connectivity index (χ0) is 16.2. The molecule has 1 unspecified atom stereocenters. The number of hydrazine groups is 1. The van der Waals surface area contributed by atoms with Gasteiger partial charge < -0.3 is 14.2 Å². The van der Waals surface area contributed by atoms with Crippen molar-refractivity contribution in [3.8, 4) is 0 Å². The first kappa shape index (κ1) is 17.5. The first-order chi connectivity index (χ1) is 10.7. The molecule has 0 aromatic heterocycles. The highest BCUT2D eigenvalue weighted by molar-refractivity contribution is 5.93. The van der Waals surface area contributed by atoms with Gasteiger partial charge in [-0.1, -0.05) is 5.11 Å². The Morgan fingerprint density at radius 3 is 3.09 bits per heavy atom. The number of hydrogen-bond donors (Lipinski definition) is 2. The number of carbonyl (C=O) groups excluding carboxylic acids is 2. The molecule has 0 fully saturated rings. The topological polar surface area (TPSA) is 149 Å². The molecule has 1 aliphatic rings. The van der Waals surface area contributed by atoms with Gasteiger partial charge in [-0.15, -0.1) is 0 Å². The number of carbonyl (C=O) groups is 2. The Labute approximate surface area is 126 Å². The molecule has 0 aromatic carbocycles. The van der Waals surface area contributed by atoms with Gasteiger partial charge in [0, 0.05) is 10.5 Å². The molecule has 0 radical (unpaired) electrons. The van der Waals surface area contributed by atoms with Crippen molar-refractivity contribution in [2.24, 2.45) is 11.0 Å². The standard InChI is InChI=1S/C12H17N5O5/c13-15-12(19)9-2-1-3-10(6-9)22-7-11(16-17-14)21-5-4-20-8-18/h3,6,8,11H,1-2,4-5,7,13H2,(H,15,19). The summed E-state index contributed by atoms with van der Waals surface area (Å²) in [5.41, 5.74) is 11.0. The molecule has 22 heavy (non-hydrogen) atoms. The number of hydrogen-bond acceptors (Lipinski definition) is 7. The summed E-state index contributed by atoms with van der Waals surface area (Å²) in [5.74, 6) is 5.17. The molecule has 120 valence electrons. The summed E-state index contributed by atoms with van der Waals surface area (Å²) in [5, 5.41) is 3.42. The van der Waals surface area contributed by atoms with Gasteiger partial charge in [-0.05, 0) is 30.5 Å². The van der Waals surface area contributed by atoms with Gasteiger partial charge in [0.1, 0.15) is 19.0 Å². The lowest BCUT2D eigenvalue weighted by Crippen LogP contribution is -2.31. The van der Waals surface area contributed by atoms with E-state index in [0.29, 0.717) is 30.6 Å². The van der Waals surface area contributed by atoms with E-state index in [-0.39, 0.29) is 25.7 Å². The molecule has 0 saturated heterocycles. The number of rotatable bonds is 10. The fourth-order valence-electron chi connectivity index (χ4n) is 1.67. The quantitative estimate of drug-likeness (QED) is 0.0872. The highest BCUT2D eigenvalue weighted by atomic mass is 16.6. The summed E-state index contributed by atoms with van der Waals surface area (Å²) in [6.07, 6.45) is 3.69. The van der Waals surface area contributed by atoms with Crippen LogP contribution in [0.15, 0.2) is 28.6 Å². The van der Waals surface area contributed by atoms with Crippen LogP contribution in [0.3, 0.4) is 0 Å². The molecule has 3 N–H and O–H groups in total. The number of amides is 1. The van der Waals surface area contributed by atoms with Crippen LogP contribution in [-0.4, -0.2) is 38.4 Å². The van der Waals surface area contributed by atoms with Crippen molar-refractivity contribution in [2.75, 3.05) is 19.8 Å². The predicted octanol–water partition coefficient (Wildman–Crippen LogP) is 0.423. The molecule has 10 nitrogen and oxygen atoms in total. The van der Waals surface area contributed by atoms with Crippen LogP contribution in [0.25, 0.3) is 10.4 Å². The Bertz CT molecular complexity index is 498. The Hall–Kier alpha value is -2.55. The smallest absolute Gasteiger partial charge is 0.293 e. The summed E-state index contributed by atoms with van der Waals surface area (Å²) >= 11 is 0. The number of allylic oxidation sites excluding steroid dienone is 2. The molecule has 1 atom stereocenters. The molecule has 10 heteroatoms. The summed E-state index contributed by atoms with van der Waals surface area (Å²) in [7, 11) is 0. The Morgan fingerprint density at radius 1 is 1.59 bits per heavy atom. The third-order valence-electron chi connectivity index (χ3n) is 2.65. The Morgan fingerprint density at radius 2 is 2.41 bits per heavy atom. The maximum absolute atomic E-state index is 11.4. The minimum absolute atomic E-state index is 0.0367. The van der Waals surface area contributed by atoms with Crippen LogP contribution in [0.1, 0.15) is 12.8 Å². The van der Waals surface area contributed by atoms with Crippen molar-refractivity contribution in [1.82, 2.24) is 5.43 Å². The van der Waals surface area contributed by atoms with Crippen molar-refractivity contribution in [3.05, 3.63) is 33.9 Å². The van der Waals surface area contributed by atoms with Crippen LogP contribution in [0, 0.1) is 0 Å². The fraction of sp³-hybridized carbons (Fsp3) is 0.500. The molecular formula is C12H17N5O5. The summed E-state index contributed by atoms with van der Waals surface area (Å²) in [4.78, 5) is 24.1. The lowest BCUT2D eigenvalue weighted by atomic mass is 10.0. The second kappa shape index (κ2) is 10.2. The van der Waals surface area contributed by atoms with E-state index in [1.807, 2.05) is 0 Å². The molecule has 0 spiro atoms. The van der Waals surface area contributed by atoms with Gasteiger partial charge in [0.2, 0.25) is 0 Å². The van der Waals surface area contributed by atoms with Gasteiger partial charge in [-0.2, -0.15) is 0 Å². The third kappa shape index (κ3) is 6.27. The number of ether oxygens (including phenoxy) is 3. The van der Waals surface area contributed by atoms with Crippen LogP contribution >= 0.6 is 0 Å². The van der Waals surface area contributed by atoms with E-state index < -0.39 is 6.23 Å². The molecule has 0 heterocycles. The molecule has 1 amide bonds. The van der Waals surface area contributed by atoms with Crippen molar-refractivity contribution < 1.29 is 23.8 Å². The maximum atomic E-state index is 11.4. The first-order valence-corrected chi connectivity index (χ1v) is 6.46. The normalized spacial score (nSPS) is 14.8. The second-order valence-corrected chi connectivity index (χ2v) is 4.10. The summed E-state index contributed by atoms with van der Waals surface area (Å²) in [6, 6.07) is 0. The highest BCUT2D eigenvalue weighted by Crippen LogP contribution is 2.18. The largest absolute Gasteiger partial charge is 0.491 e. The SMILES string of the molecule is [N-]=[N+]=NC(COC1=CCCC(C(=O)NN)=C1)OCCOC=O. The Kier molecular flexibility index (Phi) is 8.13. The second-order valence-electron chi connectivity index (χ2n) is 4.10. The molecule has 0 saturated carbocycles. The van der Waals surface area contributed by atoms with Gasteiger partial charge in [0.05, 0.1) is 6.61 Å². The first-order valence-electron chi connectivity index (χ1n) is 6.46. The van der Waals surface area contributed by atoms with E-state index in [0.717, 1.165) is 0 Å². The minimum atomic E-state index is -0.872. The van der Waals surface area contributed by atoms with Crippen LogP contribution in [0.2, 0.25) is 0 Å². The fourth-order valence-corrected chi connectivity index (χ4v) is 1.67. The number of nitrogens with one attached hydrogen (secondary N) is 1. The zero-order valence-electron chi connectivity index (χ0n) is 11.8. The van der Waals surface area contributed by atoms with E-state index in [2.05, 4.69) is 20.2 Å². The van der Waals surface area contributed by atoms with E-state index >= 15 is 0 Å². The molecule has 0 bridgehead atoms. The van der Waals surface area contributed by atoms with E-state index in [1.165, 1.54) is 0 Å². The van der Waals surface area contributed by atoms with E-state index in [9.17, 15) is 9.59 Å². The maximum Gasteiger partial charge on any atom is 0.293 e. The highest BCUT2D eigenvalue weighted by Gasteiger charge is 2.14.